The lowest BCUT2D eigenvalue weighted by molar-refractivity contribution is 0.621. The maximum Gasteiger partial charge on any atom is 0.227 e. The fourth-order valence-corrected chi connectivity index (χ4v) is 5.64. The Balaban J connectivity index is 1.20. The molecule has 0 fully saturated rings. The second-order valence-electron chi connectivity index (χ2n) is 9.94. The average molecular weight is 514 g/mol. The standard InChI is InChI=1S/C37H23NO2/c1-2-10-24(11-3-1)27-12-4-5-13-29(27)31-17-9-18-33-36(31)40-37(38-33)26-22-20-25(21-23-26)28-15-8-16-32-30-14-6-7-19-34(30)39-35(28)32/h1-23H. The largest absolute Gasteiger partial charge is 0.455 e. The molecule has 0 aliphatic heterocycles. The quantitative estimate of drug-likeness (QED) is 0.235. The molecule has 2 heterocycles. The molecule has 0 bridgehead atoms. The molecule has 2 aromatic heterocycles. The monoisotopic (exact) mass is 513 g/mol. The van der Waals surface area contributed by atoms with Crippen LogP contribution in [0.15, 0.2) is 148 Å². The maximum absolute atomic E-state index is 6.46. The number of aromatic nitrogens is 1. The van der Waals surface area contributed by atoms with Gasteiger partial charge in [0.15, 0.2) is 5.58 Å². The van der Waals surface area contributed by atoms with Crippen molar-refractivity contribution in [2.45, 2.75) is 0 Å². The molecular formula is C37H23NO2. The van der Waals surface area contributed by atoms with E-state index in [1.54, 1.807) is 0 Å². The van der Waals surface area contributed by atoms with E-state index in [1.165, 1.54) is 5.56 Å². The molecule has 0 saturated carbocycles. The Kier molecular flexibility index (Phi) is 5.14. The lowest BCUT2D eigenvalue weighted by atomic mass is 9.94. The van der Waals surface area contributed by atoms with Gasteiger partial charge in [-0.15, -0.1) is 0 Å². The van der Waals surface area contributed by atoms with Gasteiger partial charge in [-0.05, 0) is 46.5 Å². The number of hydrogen-bond acceptors (Lipinski definition) is 3. The van der Waals surface area contributed by atoms with Crippen LogP contribution in [-0.2, 0) is 0 Å². The van der Waals surface area contributed by atoms with Gasteiger partial charge in [-0.25, -0.2) is 4.98 Å². The third-order valence-corrected chi connectivity index (χ3v) is 7.56. The van der Waals surface area contributed by atoms with Gasteiger partial charge in [0.25, 0.3) is 0 Å². The second kappa shape index (κ2) is 9.11. The summed E-state index contributed by atoms with van der Waals surface area (Å²) < 4.78 is 12.7. The van der Waals surface area contributed by atoms with Gasteiger partial charge in [-0.2, -0.15) is 0 Å². The zero-order chi connectivity index (χ0) is 26.5. The number of benzene rings is 6. The Labute approximate surface area is 231 Å². The first-order valence-corrected chi connectivity index (χ1v) is 13.4. The molecule has 0 aliphatic rings. The highest BCUT2D eigenvalue weighted by Gasteiger charge is 2.17. The third-order valence-electron chi connectivity index (χ3n) is 7.56. The van der Waals surface area contributed by atoms with Gasteiger partial charge in [-0.3, -0.25) is 0 Å². The van der Waals surface area contributed by atoms with Crippen LogP contribution in [0.3, 0.4) is 0 Å². The van der Waals surface area contributed by atoms with Crippen molar-refractivity contribution in [2.75, 3.05) is 0 Å². The normalized spacial score (nSPS) is 11.5. The lowest BCUT2D eigenvalue weighted by Crippen LogP contribution is -1.85. The van der Waals surface area contributed by atoms with E-state index in [0.29, 0.717) is 5.89 Å². The summed E-state index contributed by atoms with van der Waals surface area (Å²) in [6.07, 6.45) is 0. The summed E-state index contributed by atoms with van der Waals surface area (Å²) >= 11 is 0. The van der Waals surface area contributed by atoms with Gasteiger partial charge < -0.3 is 8.83 Å². The zero-order valence-corrected chi connectivity index (χ0v) is 21.5. The van der Waals surface area contributed by atoms with Crippen LogP contribution < -0.4 is 0 Å². The Morgan fingerprint density at radius 3 is 1.88 bits per heavy atom. The molecule has 3 nitrogen and oxygen atoms in total. The summed E-state index contributed by atoms with van der Waals surface area (Å²) in [4.78, 5) is 4.87. The summed E-state index contributed by atoms with van der Waals surface area (Å²) in [7, 11) is 0. The van der Waals surface area contributed by atoms with E-state index >= 15 is 0 Å². The van der Waals surface area contributed by atoms with Crippen molar-refractivity contribution in [3.8, 4) is 44.8 Å². The highest BCUT2D eigenvalue weighted by Crippen LogP contribution is 2.39. The van der Waals surface area contributed by atoms with Crippen LogP contribution in [0.1, 0.15) is 0 Å². The summed E-state index contributed by atoms with van der Waals surface area (Å²) in [5.74, 6) is 0.605. The van der Waals surface area contributed by atoms with Crippen LogP contribution in [0.4, 0.5) is 0 Å². The predicted octanol–water partition coefficient (Wildman–Crippen LogP) is 10.4. The first-order valence-electron chi connectivity index (χ1n) is 13.4. The number of hydrogen-bond donors (Lipinski definition) is 0. The topological polar surface area (TPSA) is 39.2 Å². The minimum absolute atomic E-state index is 0.605. The van der Waals surface area contributed by atoms with Crippen LogP contribution in [-0.4, -0.2) is 4.98 Å². The average Bonchev–Trinajstić information content (AvgIpc) is 3.64. The summed E-state index contributed by atoms with van der Waals surface area (Å²) in [5, 5.41) is 2.26. The van der Waals surface area contributed by atoms with Crippen LogP contribution in [0.2, 0.25) is 0 Å². The Bertz CT molecular complexity index is 2150. The molecule has 6 aromatic carbocycles. The van der Waals surface area contributed by atoms with Gasteiger partial charge in [0, 0.05) is 27.5 Å². The highest BCUT2D eigenvalue weighted by molar-refractivity contribution is 6.09. The van der Waals surface area contributed by atoms with Crippen molar-refractivity contribution in [1.29, 1.82) is 0 Å². The second-order valence-corrected chi connectivity index (χ2v) is 9.94. The Morgan fingerprint density at radius 2 is 1.00 bits per heavy atom. The molecule has 188 valence electrons. The summed E-state index contributed by atoms with van der Waals surface area (Å²) in [6, 6.07) is 47.9. The Morgan fingerprint density at radius 1 is 0.375 bits per heavy atom. The molecule has 0 saturated heterocycles. The first-order chi connectivity index (χ1) is 19.8. The molecule has 40 heavy (non-hydrogen) atoms. The van der Waals surface area contributed by atoms with Crippen molar-refractivity contribution < 1.29 is 8.83 Å². The van der Waals surface area contributed by atoms with Crippen molar-refractivity contribution in [2.24, 2.45) is 0 Å². The minimum atomic E-state index is 0.605. The van der Waals surface area contributed by atoms with Crippen LogP contribution in [0.5, 0.6) is 0 Å². The molecule has 0 spiro atoms. The molecule has 0 amide bonds. The number of furan rings is 1. The molecule has 3 heteroatoms. The van der Waals surface area contributed by atoms with E-state index < -0.39 is 0 Å². The lowest BCUT2D eigenvalue weighted by Gasteiger charge is -2.10. The number of rotatable bonds is 4. The fourth-order valence-electron chi connectivity index (χ4n) is 5.64. The van der Waals surface area contributed by atoms with Crippen LogP contribution in [0.25, 0.3) is 77.9 Å². The van der Waals surface area contributed by atoms with E-state index in [-0.39, 0.29) is 0 Å². The zero-order valence-electron chi connectivity index (χ0n) is 21.5. The van der Waals surface area contributed by atoms with Gasteiger partial charge in [0.05, 0.1) is 0 Å². The fraction of sp³-hybridized carbons (Fsp3) is 0. The number of nitrogens with zero attached hydrogens (tertiary/aromatic N) is 1. The summed E-state index contributed by atoms with van der Waals surface area (Å²) in [5.41, 5.74) is 11.0. The molecule has 0 unspecified atom stereocenters. The number of para-hydroxylation sites is 3. The van der Waals surface area contributed by atoms with Crippen molar-refractivity contribution in [3.05, 3.63) is 140 Å². The van der Waals surface area contributed by atoms with E-state index in [9.17, 15) is 0 Å². The van der Waals surface area contributed by atoms with Crippen molar-refractivity contribution in [1.82, 2.24) is 4.98 Å². The van der Waals surface area contributed by atoms with E-state index in [4.69, 9.17) is 13.8 Å². The highest BCUT2D eigenvalue weighted by atomic mass is 16.3. The van der Waals surface area contributed by atoms with Gasteiger partial charge in [0.2, 0.25) is 5.89 Å². The minimum Gasteiger partial charge on any atom is -0.455 e. The summed E-state index contributed by atoms with van der Waals surface area (Å²) in [6.45, 7) is 0. The number of oxazole rings is 1. The Hall–Kier alpha value is -5.41. The predicted molar refractivity (Wildman–Crippen MR) is 163 cm³/mol. The van der Waals surface area contributed by atoms with E-state index in [1.807, 2.05) is 36.4 Å². The molecule has 0 N–H and O–H groups in total. The molecule has 8 aromatic rings. The van der Waals surface area contributed by atoms with Gasteiger partial charge in [-0.1, -0.05) is 115 Å². The van der Waals surface area contributed by atoms with Crippen LogP contribution >= 0.6 is 0 Å². The van der Waals surface area contributed by atoms with Crippen molar-refractivity contribution in [3.63, 3.8) is 0 Å². The first kappa shape index (κ1) is 22.6. The maximum atomic E-state index is 6.46. The third kappa shape index (κ3) is 3.63. The molecule has 0 radical (unpaired) electrons. The van der Waals surface area contributed by atoms with Crippen LogP contribution in [0, 0.1) is 0 Å². The van der Waals surface area contributed by atoms with Gasteiger partial charge in [0.1, 0.15) is 16.7 Å². The smallest absolute Gasteiger partial charge is 0.227 e. The molecule has 0 aliphatic carbocycles. The number of fused-ring (bicyclic) bond motifs is 4. The van der Waals surface area contributed by atoms with Crippen molar-refractivity contribution >= 4 is 33.0 Å². The SMILES string of the molecule is c1ccc(-c2ccccc2-c2cccc3nc(-c4ccc(-c5cccc6c5oc5ccccc56)cc4)oc23)cc1. The molecule has 8 rings (SSSR count). The van der Waals surface area contributed by atoms with Gasteiger partial charge >= 0.3 is 0 Å². The molecule has 0 atom stereocenters. The van der Waals surface area contributed by atoms with E-state index in [0.717, 1.165) is 66.4 Å². The molecular weight excluding hydrogens is 490 g/mol. The van der Waals surface area contributed by atoms with E-state index in [2.05, 4.69) is 103 Å².